The standard InChI is InChI=1S/C10H22O/c1-6-9(4)11-10(5)7-8(2)3/h8-10H,6-7H2,1-5H3. The van der Waals surface area contributed by atoms with Crippen LogP contribution in [0, 0.1) is 5.92 Å². The molecular formula is C10H22O. The number of hydrogen-bond acceptors (Lipinski definition) is 1. The largest absolute Gasteiger partial charge is 0.376 e. The van der Waals surface area contributed by atoms with E-state index in [1.54, 1.807) is 0 Å². The highest BCUT2D eigenvalue weighted by atomic mass is 16.5. The van der Waals surface area contributed by atoms with Gasteiger partial charge >= 0.3 is 0 Å². The van der Waals surface area contributed by atoms with E-state index in [1.807, 2.05) is 0 Å². The summed E-state index contributed by atoms with van der Waals surface area (Å²) < 4.78 is 5.71. The summed E-state index contributed by atoms with van der Waals surface area (Å²) in [5, 5.41) is 0. The van der Waals surface area contributed by atoms with Gasteiger partial charge in [-0.3, -0.25) is 0 Å². The summed E-state index contributed by atoms with van der Waals surface area (Å²) in [5.41, 5.74) is 0. The molecule has 0 aromatic carbocycles. The van der Waals surface area contributed by atoms with Gasteiger partial charge in [-0.05, 0) is 32.6 Å². The van der Waals surface area contributed by atoms with Crippen LogP contribution in [0.5, 0.6) is 0 Å². The van der Waals surface area contributed by atoms with Crippen molar-refractivity contribution >= 4 is 0 Å². The zero-order valence-electron chi connectivity index (χ0n) is 8.55. The Labute approximate surface area is 71.1 Å². The minimum absolute atomic E-state index is 0.420. The first-order valence-corrected chi connectivity index (χ1v) is 4.71. The van der Waals surface area contributed by atoms with Gasteiger partial charge in [0.15, 0.2) is 0 Å². The highest BCUT2D eigenvalue weighted by Gasteiger charge is 2.07. The maximum atomic E-state index is 5.71. The summed E-state index contributed by atoms with van der Waals surface area (Å²) in [4.78, 5) is 0. The minimum atomic E-state index is 0.420. The summed E-state index contributed by atoms with van der Waals surface area (Å²) in [6.45, 7) is 10.9. The number of rotatable bonds is 5. The molecule has 1 heteroatoms. The molecule has 0 saturated carbocycles. The van der Waals surface area contributed by atoms with Crippen LogP contribution in [0.2, 0.25) is 0 Å². The second-order valence-corrected chi connectivity index (χ2v) is 3.80. The first kappa shape index (κ1) is 11.0. The maximum absolute atomic E-state index is 5.71. The molecule has 0 radical (unpaired) electrons. The monoisotopic (exact) mass is 158 g/mol. The fourth-order valence-electron chi connectivity index (χ4n) is 1.21. The van der Waals surface area contributed by atoms with Crippen LogP contribution in [0.4, 0.5) is 0 Å². The quantitative estimate of drug-likeness (QED) is 0.597. The summed E-state index contributed by atoms with van der Waals surface area (Å²) in [7, 11) is 0. The Morgan fingerprint density at radius 3 is 1.91 bits per heavy atom. The van der Waals surface area contributed by atoms with Crippen molar-refractivity contribution in [3.8, 4) is 0 Å². The van der Waals surface area contributed by atoms with E-state index in [1.165, 1.54) is 6.42 Å². The lowest BCUT2D eigenvalue weighted by Crippen LogP contribution is -2.17. The van der Waals surface area contributed by atoms with Crippen LogP contribution in [0.3, 0.4) is 0 Å². The second kappa shape index (κ2) is 5.59. The Morgan fingerprint density at radius 1 is 1.00 bits per heavy atom. The van der Waals surface area contributed by atoms with Gasteiger partial charge in [0.05, 0.1) is 12.2 Å². The molecule has 0 aromatic heterocycles. The third-order valence-corrected chi connectivity index (χ3v) is 1.84. The first-order valence-electron chi connectivity index (χ1n) is 4.71. The molecule has 0 aliphatic rings. The molecule has 0 aliphatic heterocycles. The van der Waals surface area contributed by atoms with Gasteiger partial charge in [0.2, 0.25) is 0 Å². The van der Waals surface area contributed by atoms with Gasteiger partial charge in [0.1, 0.15) is 0 Å². The summed E-state index contributed by atoms with van der Waals surface area (Å²) in [5.74, 6) is 0.744. The zero-order valence-corrected chi connectivity index (χ0v) is 8.55. The van der Waals surface area contributed by atoms with E-state index < -0.39 is 0 Å². The predicted molar refractivity (Wildman–Crippen MR) is 49.8 cm³/mol. The zero-order chi connectivity index (χ0) is 8.85. The van der Waals surface area contributed by atoms with Crippen LogP contribution in [-0.2, 0) is 4.74 Å². The van der Waals surface area contributed by atoms with Crippen molar-refractivity contribution in [2.24, 2.45) is 5.92 Å². The Hall–Kier alpha value is -0.0400. The van der Waals surface area contributed by atoms with E-state index in [0.717, 1.165) is 12.3 Å². The van der Waals surface area contributed by atoms with Crippen LogP contribution < -0.4 is 0 Å². The molecule has 11 heavy (non-hydrogen) atoms. The Kier molecular flexibility index (Phi) is 5.57. The van der Waals surface area contributed by atoms with Crippen LogP contribution in [0.15, 0.2) is 0 Å². The molecular weight excluding hydrogens is 136 g/mol. The molecule has 0 aromatic rings. The van der Waals surface area contributed by atoms with E-state index in [0.29, 0.717) is 12.2 Å². The number of hydrogen-bond donors (Lipinski definition) is 0. The SMILES string of the molecule is CCC(C)OC(C)CC(C)C. The molecule has 0 amide bonds. The molecule has 68 valence electrons. The minimum Gasteiger partial charge on any atom is -0.376 e. The number of ether oxygens (including phenoxy) is 1. The predicted octanol–water partition coefficient (Wildman–Crippen LogP) is 3.24. The van der Waals surface area contributed by atoms with E-state index in [4.69, 9.17) is 4.74 Å². The molecule has 2 atom stereocenters. The average molecular weight is 158 g/mol. The molecule has 0 heterocycles. The third-order valence-electron chi connectivity index (χ3n) is 1.84. The Morgan fingerprint density at radius 2 is 1.55 bits per heavy atom. The van der Waals surface area contributed by atoms with Crippen molar-refractivity contribution in [1.29, 1.82) is 0 Å². The van der Waals surface area contributed by atoms with Crippen molar-refractivity contribution < 1.29 is 4.74 Å². The topological polar surface area (TPSA) is 9.23 Å². The summed E-state index contributed by atoms with van der Waals surface area (Å²) in [6, 6.07) is 0. The molecule has 0 bridgehead atoms. The summed E-state index contributed by atoms with van der Waals surface area (Å²) >= 11 is 0. The van der Waals surface area contributed by atoms with Crippen molar-refractivity contribution in [2.75, 3.05) is 0 Å². The van der Waals surface area contributed by atoms with Crippen molar-refractivity contribution in [1.82, 2.24) is 0 Å². The van der Waals surface area contributed by atoms with Gasteiger partial charge in [0, 0.05) is 0 Å². The lowest BCUT2D eigenvalue weighted by atomic mass is 10.1. The third kappa shape index (κ3) is 6.36. The van der Waals surface area contributed by atoms with Crippen LogP contribution >= 0.6 is 0 Å². The molecule has 0 saturated heterocycles. The van der Waals surface area contributed by atoms with Crippen LogP contribution in [0.1, 0.15) is 47.5 Å². The smallest absolute Gasteiger partial charge is 0.0553 e. The molecule has 0 rings (SSSR count). The van der Waals surface area contributed by atoms with Crippen molar-refractivity contribution in [3.05, 3.63) is 0 Å². The first-order chi connectivity index (χ1) is 5.06. The van der Waals surface area contributed by atoms with Crippen LogP contribution in [-0.4, -0.2) is 12.2 Å². The van der Waals surface area contributed by atoms with Crippen LogP contribution in [0.25, 0.3) is 0 Å². The molecule has 2 unspecified atom stereocenters. The fourth-order valence-corrected chi connectivity index (χ4v) is 1.21. The highest BCUT2D eigenvalue weighted by molar-refractivity contribution is 4.56. The van der Waals surface area contributed by atoms with E-state index in [9.17, 15) is 0 Å². The van der Waals surface area contributed by atoms with E-state index in [-0.39, 0.29) is 0 Å². The summed E-state index contributed by atoms with van der Waals surface area (Å²) in [6.07, 6.45) is 3.13. The maximum Gasteiger partial charge on any atom is 0.0553 e. The molecule has 0 fully saturated rings. The fraction of sp³-hybridized carbons (Fsp3) is 1.00. The van der Waals surface area contributed by atoms with Gasteiger partial charge in [0.25, 0.3) is 0 Å². The van der Waals surface area contributed by atoms with Gasteiger partial charge in [-0.2, -0.15) is 0 Å². The average Bonchev–Trinajstić information content (AvgIpc) is 1.85. The van der Waals surface area contributed by atoms with Gasteiger partial charge in [-0.15, -0.1) is 0 Å². The highest BCUT2D eigenvalue weighted by Crippen LogP contribution is 2.10. The Balaban J connectivity index is 3.43. The molecule has 0 N–H and O–H groups in total. The van der Waals surface area contributed by atoms with Gasteiger partial charge in [-0.1, -0.05) is 20.8 Å². The van der Waals surface area contributed by atoms with E-state index >= 15 is 0 Å². The van der Waals surface area contributed by atoms with Crippen molar-refractivity contribution in [3.63, 3.8) is 0 Å². The van der Waals surface area contributed by atoms with E-state index in [2.05, 4.69) is 34.6 Å². The lowest BCUT2D eigenvalue weighted by molar-refractivity contribution is -0.00337. The molecule has 0 aliphatic carbocycles. The van der Waals surface area contributed by atoms with Crippen molar-refractivity contribution in [2.45, 2.75) is 59.7 Å². The molecule has 0 spiro atoms. The normalized spacial score (nSPS) is 16.9. The van der Waals surface area contributed by atoms with Gasteiger partial charge in [-0.25, -0.2) is 0 Å². The van der Waals surface area contributed by atoms with Gasteiger partial charge < -0.3 is 4.74 Å². The molecule has 1 nitrogen and oxygen atoms in total. The lowest BCUT2D eigenvalue weighted by Gasteiger charge is -2.19. The Bertz CT molecular complexity index is 88.9. The second-order valence-electron chi connectivity index (χ2n) is 3.80.